The minimum Gasteiger partial charge on any atom is -0.379 e. The molecule has 0 radical (unpaired) electrons. The van der Waals surface area contributed by atoms with Gasteiger partial charge in [0.1, 0.15) is 28.8 Å². The monoisotopic (exact) mass is 496 g/mol. The number of rotatable bonds is 8. The number of halogens is 2. The summed E-state index contributed by atoms with van der Waals surface area (Å²) in [6.45, 7) is 2.35. The van der Waals surface area contributed by atoms with E-state index in [2.05, 4.69) is 26.6 Å². The van der Waals surface area contributed by atoms with Crippen LogP contribution in [-0.2, 0) is 36.7 Å². The van der Waals surface area contributed by atoms with E-state index in [1.54, 1.807) is 17.3 Å². The number of pyridine rings is 1. The van der Waals surface area contributed by atoms with E-state index in [1.165, 1.54) is 0 Å². The number of aryl methyl sites for hydroxylation is 1. The number of fused-ring (bicyclic) bond motifs is 1. The highest BCUT2D eigenvalue weighted by Crippen LogP contribution is 2.39. The normalized spacial score (nSPS) is 19.5. The van der Waals surface area contributed by atoms with Gasteiger partial charge in [-0.1, -0.05) is 23.7 Å². The molecule has 1 aliphatic carbocycles. The predicted molar refractivity (Wildman–Crippen MR) is 128 cm³/mol. The molecule has 35 heavy (non-hydrogen) atoms. The molecule has 1 amide bonds. The molecule has 10 heteroatoms. The van der Waals surface area contributed by atoms with E-state index in [4.69, 9.17) is 16.3 Å². The van der Waals surface area contributed by atoms with Crippen molar-refractivity contribution in [3.8, 4) is 0 Å². The third kappa shape index (κ3) is 4.22. The highest BCUT2D eigenvalue weighted by atomic mass is 35.5. The SMILES string of the molecule is Cn1cnnc1CC1(c2ccc3c(c2)C(=O)N(c2cc(CNCC4(F)CC4)cc(Cl)n2)C3)COC1. The molecule has 3 aliphatic rings. The van der Waals surface area contributed by atoms with E-state index in [1.807, 2.05) is 29.8 Å². The fraction of sp³-hybridized carbons (Fsp3) is 0.440. The molecular weight excluding hydrogens is 471 g/mol. The zero-order valence-electron chi connectivity index (χ0n) is 19.4. The zero-order chi connectivity index (χ0) is 24.2. The van der Waals surface area contributed by atoms with Crippen LogP contribution in [0.2, 0.25) is 5.15 Å². The first-order chi connectivity index (χ1) is 16.8. The van der Waals surface area contributed by atoms with Crippen LogP contribution >= 0.6 is 11.6 Å². The second-order valence-electron chi connectivity index (χ2n) is 9.98. The summed E-state index contributed by atoms with van der Waals surface area (Å²) in [6, 6.07) is 9.67. The van der Waals surface area contributed by atoms with Crippen LogP contribution in [0.3, 0.4) is 0 Å². The molecule has 8 nitrogen and oxygen atoms in total. The highest BCUT2D eigenvalue weighted by molar-refractivity contribution is 6.29. The van der Waals surface area contributed by atoms with Crippen molar-refractivity contribution in [2.45, 2.75) is 43.4 Å². The van der Waals surface area contributed by atoms with Gasteiger partial charge in [-0.2, -0.15) is 0 Å². The fourth-order valence-electron chi connectivity index (χ4n) is 4.82. The molecule has 1 saturated heterocycles. The van der Waals surface area contributed by atoms with Crippen LogP contribution < -0.4 is 10.2 Å². The summed E-state index contributed by atoms with van der Waals surface area (Å²) in [6.07, 6.45) is 3.59. The number of anilines is 1. The summed E-state index contributed by atoms with van der Waals surface area (Å²) >= 11 is 6.28. The summed E-state index contributed by atoms with van der Waals surface area (Å²) in [5, 5.41) is 11.7. The number of carbonyl (C=O) groups excluding carboxylic acids is 1. The van der Waals surface area contributed by atoms with E-state index in [9.17, 15) is 9.18 Å². The van der Waals surface area contributed by atoms with Crippen molar-refractivity contribution >= 4 is 23.3 Å². The molecule has 2 aliphatic heterocycles. The molecule has 6 rings (SSSR count). The Hall–Kier alpha value is -2.88. The molecule has 2 fully saturated rings. The Morgan fingerprint density at radius 2 is 2.06 bits per heavy atom. The molecular formula is C25H26ClFN6O2. The van der Waals surface area contributed by atoms with Crippen molar-refractivity contribution in [2.75, 3.05) is 24.7 Å². The maximum absolute atomic E-state index is 13.9. The average molecular weight is 497 g/mol. The summed E-state index contributed by atoms with van der Waals surface area (Å²) in [4.78, 5) is 19.5. The van der Waals surface area contributed by atoms with Crippen LogP contribution in [0.15, 0.2) is 36.7 Å². The largest absolute Gasteiger partial charge is 0.379 e. The Morgan fingerprint density at radius 3 is 2.74 bits per heavy atom. The van der Waals surface area contributed by atoms with E-state index < -0.39 is 5.67 Å². The van der Waals surface area contributed by atoms with Crippen molar-refractivity contribution < 1.29 is 13.9 Å². The number of hydrogen-bond acceptors (Lipinski definition) is 6. The lowest BCUT2D eigenvalue weighted by Crippen LogP contribution is -2.49. The maximum Gasteiger partial charge on any atom is 0.260 e. The molecule has 3 aromatic rings. The maximum atomic E-state index is 13.9. The van der Waals surface area contributed by atoms with Gasteiger partial charge in [0, 0.05) is 37.5 Å². The summed E-state index contributed by atoms with van der Waals surface area (Å²) < 4.78 is 21.4. The Labute approximate surface area is 207 Å². The predicted octanol–water partition coefficient (Wildman–Crippen LogP) is 3.13. The van der Waals surface area contributed by atoms with Gasteiger partial charge in [0.2, 0.25) is 0 Å². The third-order valence-electron chi connectivity index (χ3n) is 7.26. The highest BCUT2D eigenvalue weighted by Gasteiger charge is 2.43. The standard InChI is InChI=1S/C25H26ClFN6O2/c1-32-15-29-31-22(32)9-24(13-35-14-24)18-3-2-17-11-33(23(34)19(17)8-18)21-7-16(6-20(26)30-21)10-28-12-25(27)4-5-25/h2-3,6-8,15,28H,4-5,9-14H2,1H3. The number of amides is 1. The number of alkyl halides is 1. The smallest absolute Gasteiger partial charge is 0.260 e. The van der Waals surface area contributed by atoms with E-state index in [0.29, 0.717) is 68.6 Å². The van der Waals surface area contributed by atoms with Gasteiger partial charge in [0.25, 0.3) is 5.91 Å². The molecule has 2 aromatic heterocycles. The number of benzene rings is 1. The molecule has 0 atom stereocenters. The second-order valence-corrected chi connectivity index (χ2v) is 10.4. The lowest BCUT2D eigenvalue weighted by atomic mass is 9.75. The van der Waals surface area contributed by atoms with Gasteiger partial charge in [-0.05, 0) is 47.7 Å². The third-order valence-corrected chi connectivity index (χ3v) is 7.46. The molecule has 0 spiro atoms. The van der Waals surface area contributed by atoms with Crippen LogP contribution in [0.5, 0.6) is 0 Å². The first kappa shape index (κ1) is 22.6. The van der Waals surface area contributed by atoms with Crippen molar-refractivity contribution in [3.05, 3.63) is 69.9 Å². The van der Waals surface area contributed by atoms with Gasteiger partial charge < -0.3 is 14.6 Å². The zero-order valence-corrected chi connectivity index (χ0v) is 20.2. The van der Waals surface area contributed by atoms with E-state index >= 15 is 0 Å². The van der Waals surface area contributed by atoms with Gasteiger partial charge in [-0.3, -0.25) is 9.69 Å². The quantitative estimate of drug-likeness (QED) is 0.482. The molecule has 4 heterocycles. The van der Waals surface area contributed by atoms with Crippen molar-refractivity contribution in [1.82, 2.24) is 25.1 Å². The molecule has 0 unspecified atom stereocenters. The molecule has 0 bridgehead atoms. The fourth-order valence-corrected chi connectivity index (χ4v) is 5.05. The molecule has 1 saturated carbocycles. The van der Waals surface area contributed by atoms with Crippen LogP contribution in [0.1, 0.15) is 45.7 Å². The van der Waals surface area contributed by atoms with Crippen LogP contribution in [-0.4, -0.2) is 51.1 Å². The van der Waals surface area contributed by atoms with Crippen LogP contribution in [0.4, 0.5) is 10.2 Å². The molecule has 1 N–H and O–H groups in total. The van der Waals surface area contributed by atoms with Gasteiger partial charge in [0.05, 0.1) is 19.8 Å². The average Bonchev–Trinajstić information content (AvgIpc) is 3.25. The Kier molecular flexibility index (Phi) is 5.39. The lowest BCUT2D eigenvalue weighted by molar-refractivity contribution is -0.0611. The van der Waals surface area contributed by atoms with Gasteiger partial charge in [0.15, 0.2) is 0 Å². The van der Waals surface area contributed by atoms with Gasteiger partial charge >= 0.3 is 0 Å². The number of hydrogen-bond donors (Lipinski definition) is 1. The Bertz CT molecular complexity index is 1300. The van der Waals surface area contributed by atoms with Crippen molar-refractivity contribution in [3.63, 3.8) is 0 Å². The van der Waals surface area contributed by atoms with Gasteiger partial charge in [-0.15, -0.1) is 10.2 Å². The number of nitrogens with one attached hydrogen (secondary N) is 1. The van der Waals surface area contributed by atoms with Crippen LogP contribution in [0.25, 0.3) is 0 Å². The van der Waals surface area contributed by atoms with Crippen molar-refractivity contribution in [2.24, 2.45) is 7.05 Å². The van der Waals surface area contributed by atoms with Crippen LogP contribution in [0, 0.1) is 0 Å². The number of ether oxygens (including phenoxy) is 1. The minimum atomic E-state index is -1.07. The van der Waals surface area contributed by atoms with Crippen molar-refractivity contribution in [1.29, 1.82) is 0 Å². The molecule has 1 aromatic carbocycles. The number of carbonyl (C=O) groups is 1. The first-order valence-corrected chi connectivity index (χ1v) is 12.1. The summed E-state index contributed by atoms with van der Waals surface area (Å²) in [7, 11) is 1.93. The lowest BCUT2D eigenvalue weighted by Gasteiger charge is -2.41. The van der Waals surface area contributed by atoms with Gasteiger partial charge in [-0.25, -0.2) is 9.37 Å². The summed E-state index contributed by atoms with van der Waals surface area (Å²) in [5.41, 5.74) is 2.24. The minimum absolute atomic E-state index is 0.106. The molecule has 182 valence electrons. The second kappa shape index (κ2) is 8.36. The van der Waals surface area contributed by atoms with E-state index in [0.717, 1.165) is 22.5 Å². The number of aromatic nitrogens is 4. The number of nitrogens with zero attached hydrogens (tertiary/aromatic N) is 5. The summed E-state index contributed by atoms with van der Waals surface area (Å²) in [5.74, 6) is 1.27. The first-order valence-electron chi connectivity index (χ1n) is 11.8. The van der Waals surface area contributed by atoms with E-state index in [-0.39, 0.29) is 11.3 Å². The Balaban J connectivity index is 1.23. The topological polar surface area (TPSA) is 85.2 Å². The Morgan fingerprint density at radius 1 is 1.23 bits per heavy atom.